The molecule has 7 nitrogen and oxygen atoms in total. The highest BCUT2D eigenvalue weighted by Gasteiger charge is 2.31. The van der Waals surface area contributed by atoms with Gasteiger partial charge in [-0.05, 0) is 37.0 Å². The normalized spacial score (nSPS) is 17.5. The van der Waals surface area contributed by atoms with Gasteiger partial charge in [-0.15, -0.1) is 0 Å². The van der Waals surface area contributed by atoms with E-state index in [1.54, 1.807) is 0 Å². The van der Waals surface area contributed by atoms with E-state index in [2.05, 4.69) is 0 Å². The summed E-state index contributed by atoms with van der Waals surface area (Å²) < 4.78 is 27.6. The molecule has 1 fully saturated rings. The summed E-state index contributed by atoms with van der Waals surface area (Å²) in [6.45, 7) is 3.20. The molecule has 0 radical (unpaired) electrons. The van der Waals surface area contributed by atoms with Gasteiger partial charge in [0.25, 0.3) is 5.91 Å². The van der Waals surface area contributed by atoms with Crippen molar-refractivity contribution in [3.63, 3.8) is 0 Å². The van der Waals surface area contributed by atoms with Crippen molar-refractivity contribution in [2.45, 2.75) is 37.5 Å². The lowest BCUT2D eigenvalue weighted by molar-refractivity contribution is 0.0762. The molecule has 0 spiro atoms. The number of benzene rings is 1. The standard InChI is InChI=1S/C19H23ClN4O3S/c1-15-5-2-12-24(14-15)28(26,27)18-13-16(6-7-17(18)20)19(25)23(10-3-8-21)11-4-9-22/h6-7,13,15H,2-5,10-12,14H2,1H3. The fourth-order valence-electron chi connectivity index (χ4n) is 3.21. The Morgan fingerprint density at radius 1 is 1.29 bits per heavy atom. The largest absolute Gasteiger partial charge is 0.337 e. The van der Waals surface area contributed by atoms with E-state index in [0.717, 1.165) is 12.8 Å². The molecule has 1 heterocycles. The molecule has 0 bridgehead atoms. The number of sulfonamides is 1. The summed E-state index contributed by atoms with van der Waals surface area (Å²) in [7, 11) is -3.82. The molecular weight excluding hydrogens is 400 g/mol. The Hall–Kier alpha value is -2.13. The van der Waals surface area contributed by atoms with Gasteiger partial charge in [0.05, 0.1) is 30.0 Å². The van der Waals surface area contributed by atoms with Crippen molar-refractivity contribution in [3.8, 4) is 12.1 Å². The summed E-state index contributed by atoms with van der Waals surface area (Å²) >= 11 is 6.17. The topological polar surface area (TPSA) is 105 Å². The lowest BCUT2D eigenvalue weighted by Gasteiger charge is -2.30. The van der Waals surface area contributed by atoms with Crippen LogP contribution in [0.5, 0.6) is 0 Å². The second kappa shape index (κ2) is 9.88. The maximum absolute atomic E-state index is 13.1. The van der Waals surface area contributed by atoms with Crippen molar-refractivity contribution in [1.82, 2.24) is 9.21 Å². The second-order valence-electron chi connectivity index (χ2n) is 6.86. The minimum absolute atomic E-state index is 0.0652. The molecule has 1 aromatic rings. The van der Waals surface area contributed by atoms with Crippen molar-refractivity contribution >= 4 is 27.5 Å². The predicted octanol–water partition coefficient (Wildman–Crippen LogP) is 3.03. The number of nitriles is 2. The first-order chi connectivity index (χ1) is 13.3. The predicted molar refractivity (Wildman–Crippen MR) is 105 cm³/mol. The summed E-state index contributed by atoms with van der Waals surface area (Å²) in [6.07, 6.45) is 2.01. The fourth-order valence-corrected chi connectivity index (χ4v) is 5.30. The highest BCUT2D eigenvalue weighted by molar-refractivity contribution is 7.89. The molecule has 0 N–H and O–H groups in total. The minimum Gasteiger partial charge on any atom is -0.337 e. The van der Waals surface area contributed by atoms with Crippen molar-refractivity contribution < 1.29 is 13.2 Å². The number of nitrogens with zero attached hydrogens (tertiary/aromatic N) is 4. The second-order valence-corrected chi connectivity index (χ2v) is 9.18. The molecule has 1 unspecified atom stereocenters. The van der Waals surface area contributed by atoms with Crippen LogP contribution in [-0.4, -0.2) is 49.7 Å². The maximum Gasteiger partial charge on any atom is 0.253 e. The Balaban J connectivity index is 2.34. The Kier molecular flexibility index (Phi) is 7.82. The van der Waals surface area contributed by atoms with Crippen LogP contribution in [0.3, 0.4) is 0 Å². The quantitative estimate of drug-likeness (QED) is 0.671. The minimum atomic E-state index is -3.82. The number of hydrogen-bond acceptors (Lipinski definition) is 5. The molecule has 1 aromatic carbocycles. The monoisotopic (exact) mass is 422 g/mol. The average molecular weight is 423 g/mol. The van der Waals surface area contributed by atoms with Crippen LogP contribution in [0.2, 0.25) is 5.02 Å². The van der Waals surface area contributed by atoms with E-state index >= 15 is 0 Å². The summed E-state index contributed by atoms with van der Waals surface area (Å²) in [5.41, 5.74) is 0.170. The number of halogens is 1. The zero-order valence-corrected chi connectivity index (χ0v) is 17.3. The van der Waals surface area contributed by atoms with Crippen LogP contribution in [0.1, 0.15) is 43.0 Å². The van der Waals surface area contributed by atoms with E-state index in [1.807, 2.05) is 19.1 Å². The summed E-state index contributed by atoms with van der Waals surface area (Å²) in [6, 6.07) is 8.11. The zero-order valence-electron chi connectivity index (χ0n) is 15.8. The van der Waals surface area contributed by atoms with Gasteiger partial charge in [0.1, 0.15) is 4.90 Å². The summed E-state index contributed by atoms with van der Waals surface area (Å²) in [5, 5.41) is 17.6. The first-order valence-corrected chi connectivity index (χ1v) is 11.0. The molecule has 9 heteroatoms. The third-order valence-corrected chi connectivity index (χ3v) is 7.04. The Bertz CT molecular complexity index is 887. The number of carbonyl (C=O) groups excluding carboxylic acids is 1. The van der Waals surface area contributed by atoms with Crippen molar-refractivity contribution in [2.24, 2.45) is 5.92 Å². The number of hydrogen-bond donors (Lipinski definition) is 0. The van der Waals surface area contributed by atoms with Gasteiger partial charge in [-0.1, -0.05) is 18.5 Å². The van der Waals surface area contributed by atoms with Gasteiger partial charge in [0.15, 0.2) is 0 Å². The van der Waals surface area contributed by atoms with E-state index < -0.39 is 15.9 Å². The molecule has 0 saturated carbocycles. The van der Waals surface area contributed by atoms with E-state index in [0.29, 0.717) is 13.1 Å². The van der Waals surface area contributed by atoms with Gasteiger partial charge < -0.3 is 4.90 Å². The Labute approximate surface area is 171 Å². The maximum atomic E-state index is 13.1. The third kappa shape index (κ3) is 5.23. The van der Waals surface area contributed by atoms with Crippen LogP contribution >= 0.6 is 11.6 Å². The zero-order chi connectivity index (χ0) is 20.7. The van der Waals surface area contributed by atoms with Gasteiger partial charge in [0.2, 0.25) is 10.0 Å². The molecule has 150 valence electrons. The van der Waals surface area contributed by atoms with E-state index in [-0.39, 0.29) is 47.3 Å². The molecular formula is C19H23ClN4O3S. The smallest absolute Gasteiger partial charge is 0.253 e. The van der Waals surface area contributed by atoms with Crippen molar-refractivity contribution in [3.05, 3.63) is 28.8 Å². The lowest BCUT2D eigenvalue weighted by Crippen LogP contribution is -2.39. The van der Waals surface area contributed by atoms with Crippen molar-refractivity contribution in [1.29, 1.82) is 10.5 Å². The van der Waals surface area contributed by atoms with Crippen LogP contribution in [0, 0.1) is 28.6 Å². The lowest BCUT2D eigenvalue weighted by atomic mass is 10.0. The van der Waals surface area contributed by atoms with Crippen LogP contribution < -0.4 is 0 Å². The van der Waals surface area contributed by atoms with Crippen LogP contribution in [0.25, 0.3) is 0 Å². The number of piperidine rings is 1. The molecule has 0 aromatic heterocycles. The molecule has 1 saturated heterocycles. The fraction of sp³-hybridized carbons (Fsp3) is 0.526. The van der Waals surface area contributed by atoms with Crippen LogP contribution in [0.4, 0.5) is 0 Å². The highest BCUT2D eigenvalue weighted by Crippen LogP contribution is 2.29. The van der Waals surface area contributed by atoms with Gasteiger partial charge in [0, 0.05) is 31.7 Å². The molecule has 1 amide bonds. The van der Waals surface area contributed by atoms with Gasteiger partial charge in [-0.3, -0.25) is 4.79 Å². The number of carbonyl (C=O) groups is 1. The Morgan fingerprint density at radius 2 is 1.93 bits per heavy atom. The summed E-state index contributed by atoms with van der Waals surface area (Å²) in [4.78, 5) is 14.1. The van der Waals surface area contributed by atoms with E-state index in [9.17, 15) is 13.2 Å². The van der Waals surface area contributed by atoms with Crippen LogP contribution in [-0.2, 0) is 10.0 Å². The molecule has 1 atom stereocenters. The SMILES string of the molecule is CC1CCCN(S(=O)(=O)c2cc(C(=O)N(CCC#N)CCC#N)ccc2Cl)C1. The van der Waals surface area contributed by atoms with Crippen molar-refractivity contribution in [2.75, 3.05) is 26.2 Å². The van der Waals surface area contributed by atoms with Gasteiger partial charge in [-0.2, -0.15) is 14.8 Å². The molecule has 1 aliphatic heterocycles. The van der Waals surface area contributed by atoms with Crippen LogP contribution in [0.15, 0.2) is 23.1 Å². The highest BCUT2D eigenvalue weighted by atomic mass is 35.5. The first-order valence-electron chi connectivity index (χ1n) is 9.14. The first kappa shape index (κ1) is 22.2. The number of amides is 1. The summed E-state index contributed by atoms with van der Waals surface area (Å²) in [5.74, 6) is -0.162. The Morgan fingerprint density at radius 3 is 2.50 bits per heavy atom. The molecule has 0 aliphatic carbocycles. The van der Waals surface area contributed by atoms with E-state index in [1.165, 1.54) is 27.4 Å². The molecule has 28 heavy (non-hydrogen) atoms. The average Bonchev–Trinajstić information content (AvgIpc) is 2.68. The van der Waals surface area contributed by atoms with Gasteiger partial charge in [-0.25, -0.2) is 8.42 Å². The van der Waals surface area contributed by atoms with Gasteiger partial charge >= 0.3 is 0 Å². The molecule has 1 aliphatic rings. The van der Waals surface area contributed by atoms with E-state index in [4.69, 9.17) is 22.1 Å². The third-order valence-electron chi connectivity index (χ3n) is 4.69. The molecule has 2 rings (SSSR count). The number of rotatable bonds is 7.